The number of aliphatic carboxylic acids is 1. The highest BCUT2D eigenvalue weighted by atomic mass is 16.7. The third-order valence-electron chi connectivity index (χ3n) is 13.7. The lowest BCUT2D eigenvalue weighted by Crippen LogP contribution is -2.61. The summed E-state index contributed by atoms with van der Waals surface area (Å²) >= 11 is 0. The summed E-state index contributed by atoms with van der Waals surface area (Å²) in [6.45, 7) is 5.86. The van der Waals surface area contributed by atoms with Gasteiger partial charge in [-0.3, -0.25) is 14.4 Å². The van der Waals surface area contributed by atoms with Crippen LogP contribution in [0, 0.1) is 0 Å². The number of esters is 3. The lowest BCUT2D eigenvalue weighted by Gasteiger charge is -2.40. The lowest BCUT2D eigenvalue weighted by atomic mass is 9.98. The fourth-order valence-electron chi connectivity index (χ4n) is 9.15. The number of aliphatic hydroxyl groups excluding tert-OH is 2. The molecule has 6 atom stereocenters. The van der Waals surface area contributed by atoms with Crippen molar-refractivity contribution in [3.05, 3.63) is 36.5 Å². The zero-order valence-corrected chi connectivity index (χ0v) is 46.6. The van der Waals surface area contributed by atoms with Gasteiger partial charge in [-0.05, 0) is 51.4 Å². The Hall–Kier alpha value is -3.06. The van der Waals surface area contributed by atoms with Gasteiger partial charge < -0.3 is 39.0 Å². The molecular weight excluding hydrogens is 925 g/mol. The number of rotatable bonds is 51. The predicted octanol–water partition coefficient (Wildman–Crippen LogP) is 15.2. The van der Waals surface area contributed by atoms with Gasteiger partial charge in [-0.25, -0.2) is 4.79 Å². The van der Waals surface area contributed by atoms with E-state index in [0.717, 1.165) is 96.3 Å². The van der Waals surface area contributed by atoms with Crippen LogP contribution in [0.5, 0.6) is 0 Å². The van der Waals surface area contributed by atoms with Crippen LogP contribution in [-0.4, -0.2) is 89.2 Å². The molecule has 0 spiro atoms. The van der Waals surface area contributed by atoms with Crippen molar-refractivity contribution in [2.24, 2.45) is 0 Å². The summed E-state index contributed by atoms with van der Waals surface area (Å²) in [5.74, 6) is -3.12. The first-order valence-corrected chi connectivity index (χ1v) is 30.0. The molecule has 0 radical (unpaired) electrons. The van der Waals surface area contributed by atoms with Gasteiger partial charge >= 0.3 is 23.9 Å². The summed E-state index contributed by atoms with van der Waals surface area (Å²) in [7, 11) is 0. The number of carbonyl (C=O) groups excluding carboxylic acids is 3. The summed E-state index contributed by atoms with van der Waals surface area (Å²) in [6.07, 6.45) is 45.7. The van der Waals surface area contributed by atoms with Gasteiger partial charge in [-0.15, -0.1) is 0 Å². The average molecular weight is 1030 g/mol. The largest absolute Gasteiger partial charge is 0.479 e. The van der Waals surface area contributed by atoms with E-state index in [0.29, 0.717) is 19.3 Å². The summed E-state index contributed by atoms with van der Waals surface area (Å²) in [4.78, 5) is 51.0. The molecule has 0 bridgehead atoms. The monoisotopic (exact) mass is 1030 g/mol. The van der Waals surface area contributed by atoms with Crippen molar-refractivity contribution in [3.63, 3.8) is 0 Å². The second-order valence-corrected chi connectivity index (χ2v) is 20.6. The molecular formula is C61H108O12. The van der Waals surface area contributed by atoms with Crippen LogP contribution >= 0.6 is 0 Å². The highest BCUT2D eigenvalue weighted by Gasteiger charge is 2.50. The first kappa shape index (κ1) is 68.0. The van der Waals surface area contributed by atoms with Crippen molar-refractivity contribution in [3.8, 4) is 0 Å². The minimum Gasteiger partial charge on any atom is -0.479 e. The number of unbranched alkanes of at least 4 members (excludes halogenated alkanes) is 31. The number of hydrogen-bond acceptors (Lipinski definition) is 11. The van der Waals surface area contributed by atoms with Crippen LogP contribution in [0.1, 0.15) is 278 Å². The molecule has 1 fully saturated rings. The van der Waals surface area contributed by atoms with Crippen LogP contribution in [0.3, 0.4) is 0 Å². The number of carboxylic acids is 1. The van der Waals surface area contributed by atoms with E-state index in [1.165, 1.54) is 122 Å². The number of hydrogen-bond donors (Lipinski definition) is 3. The summed E-state index contributed by atoms with van der Waals surface area (Å²) in [5, 5.41) is 31.4. The Labute approximate surface area is 444 Å². The van der Waals surface area contributed by atoms with Gasteiger partial charge in [0.1, 0.15) is 18.8 Å². The third kappa shape index (κ3) is 39.9. The molecule has 1 aliphatic rings. The smallest absolute Gasteiger partial charge is 0.335 e. The van der Waals surface area contributed by atoms with Crippen LogP contribution in [0.4, 0.5) is 0 Å². The topological polar surface area (TPSA) is 175 Å². The van der Waals surface area contributed by atoms with Crippen molar-refractivity contribution in [1.82, 2.24) is 0 Å². The van der Waals surface area contributed by atoms with Gasteiger partial charge in [0.15, 0.2) is 24.6 Å². The molecule has 0 aromatic carbocycles. The molecule has 3 N–H and O–H groups in total. The van der Waals surface area contributed by atoms with E-state index in [-0.39, 0.29) is 25.9 Å². The first-order valence-electron chi connectivity index (χ1n) is 30.0. The minimum absolute atomic E-state index is 0.0619. The Kier molecular flexibility index (Phi) is 46.4. The Morgan fingerprint density at radius 1 is 0.466 bits per heavy atom. The molecule has 0 saturated carbocycles. The van der Waals surface area contributed by atoms with E-state index in [1.807, 2.05) is 0 Å². The molecule has 0 amide bonds. The van der Waals surface area contributed by atoms with E-state index >= 15 is 0 Å². The Morgan fingerprint density at radius 2 is 0.863 bits per heavy atom. The number of ether oxygens (including phenoxy) is 5. The molecule has 1 heterocycles. The maximum atomic E-state index is 13.1. The predicted molar refractivity (Wildman–Crippen MR) is 294 cm³/mol. The molecule has 0 aliphatic carbocycles. The standard InChI is InChI=1S/C61H108O12/c1-4-7-10-13-16-19-21-23-25-26-27-28-30-31-33-36-38-41-44-47-53(62)69-50-52(71-54(63)48-45-42-40-37-34-32-29-24-22-20-17-14-11-8-5-2)51-70-61-59(57(66)56(65)58(73-61)60(67)68)72-55(64)49-46-43-39-35-18-15-12-9-6-3/h8,11,17,20,24,29,52,56-59,61,65-66H,4-7,9-10,12-16,18-19,21-23,25-28,30-51H2,1-3H3,(H,67,68)/b11-8-,20-17-,29-24-. The zero-order chi connectivity index (χ0) is 53.3. The second kappa shape index (κ2) is 49.8. The van der Waals surface area contributed by atoms with E-state index in [1.54, 1.807) is 0 Å². The Morgan fingerprint density at radius 3 is 1.32 bits per heavy atom. The summed E-state index contributed by atoms with van der Waals surface area (Å²) in [6, 6.07) is 0. The molecule has 1 saturated heterocycles. The highest BCUT2D eigenvalue weighted by molar-refractivity contribution is 5.74. The highest BCUT2D eigenvalue weighted by Crippen LogP contribution is 2.27. The molecule has 1 rings (SSSR count). The number of carboxylic acid groups (broad SMARTS) is 1. The lowest BCUT2D eigenvalue weighted by molar-refractivity contribution is -0.301. The SMILES string of the molecule is CC/C=C\C/C=C\C/C=C\CCCCCCCC(=O)OC(COC(=O)CCCCCCCCCCCCCCCCCCCCC)COC1OC(C(=O)O)C(O)C(O)C1OC(=O)CCCCCCCCCCC. The van der Waals surface area contributed by atoms with Crippen molar-refractivity contribution >= 4 is 23.9 Å². The zero-order valence-electron chi connectivity index (χ0n) is 46.6. The number of allylic oxidation sites excluding steroid dienone is 6. The molecule has 424 valence electrons. The van der Waals surface area contributed by atoms with Gasteiger partial charge in [0.05, 0.1) is 6.61 Å². The fraction of sp³-hybridized carbons (Fsp3) is 0.836. The Bertz CT molecular complexity index is 1410. The molecule has 0 aromatic rings. The summed E-state index contributed by atoms with van der Waals surface area (Å²) < 4.78 is 28.4. The quantitative estimate of drug-likeness (QED) is 0.0228. The van der Waals surface area contributed by atoms with Crippen LogP contribution in [0.25, 0.3) is 0 Å². The fourth-order valence-corrected chi connectivity index (χ4v) is 9.15. The van der Waals surface area contributed by atoms with Crippen LogP contribution in [-0.2, 0) is 42.9 Å². The van der Waals surface area contributed by atoms with Gasteiger partial charge in [0.2, 0.25) is 0 Å². The van der Waals surface area contributed by atoms with Crippen molar-refractivity contribution < 1.29 is 58.2 Å². The van der Waals surface area contributed by atoms with Crippen molar-refractivity contribution in [2.75, 3.05) is 13.2 Å². The molecule has 73 heavy (non-hydrogen) atoms. The third-order valence-corrected chi connectivity index (χ3v) is 13.7. The maximum Gasteiger partial charge on any atom is 0.335 e. The molecule has 0 aromatic heterocycles. The van der Waals surface area contributed by atoms with E-state index < -0.39 is 67.3 Å². The Balaban J connectivity index is 2.64. The van der Waals surface area contributed by atoms with E-state index in [2.05, 4.69) is 57.2 Å². The van der Waals surface area contributed by atoms with Crippen molar-refractivity contribution in [1.29, 1.82) is 0 Å². The molecule has 6 unspecified atom stereocenters. The number of carbonyl (C=O) groups is 4. The van der Waals surface area contributed by atoms with Crippen LogP contribution in [0.2, 0.25) is 0 Å². The molecule has 1 aliphatic heterocycles. The van der Waals surface area contributed by atoms with E-state index in [9.17, 15) is 34.5 Å². The second-order valence-electron chi connectivity index (χ2n) is 20.6. The van der Waals surface area contributed by atoms with Crippen LogP contribution in [0.15, 0.2) is 36.5 Å². The van der Waals surface area contributed by atoms with Gasteiger partial charge in [0, 0.05) is 19.3 Å². The van der Waals surface area contributed by atoms with Gasteiger partial charge in [-0.1, -0.05) is 243 Å². The van der Waals surface area contributed by atoms with Gasteiger partial charge in [-0.2, -0.15) is 0 Å². The first-order chi connectivity index (χ1) is 35.6. The number of aliphatic hydroxyl groups is 2. The van der Waals surface area contributed by atoms with Crippen LogP contribution < -0.4 is 0 Å². The molecule has 12 heteroatoms. The van der Waals surface area contributed by atoms with Crippen molar-refractivity contribution in [2.45, 2.75) is 314 Å². The van der Waals surface area contributed by atoms with E-state index in [4.69, 9.17) is 23.7 Å². The molecule has 12 nitrogen and oxygen atoms in total. The normalized spacial score (nSPS) is 18.5. The summed E-state index contributed by atoms with van der Waals surface area (Å²) in [5.41, 5.74) is 0. The van der Waals surface area contributed by atoms with Gasteiger partial charge in [0.25, 0.3) is 0 Å². The minimum atomic E-state index is -1.90. The average Bonchev–Trinajstić information content (AvgIpc) is 3.37. The maximum absolute atomic E-state index is 13.1.